The molecular formula is C13H19N3O3. The number of amides is 1. The summed E-state index contributed by atoms with van der Waals surface area (Å²) in [5.41, 5.74) is 0.962. The Morgan fingerprint density at radius 1 is 1.47 bits per heavy atom. The first kappa shape index (κ1) is 13.6. The number of hydrogen-bond acceptors (Lipinski definition) is 3. The first-order valence-electron chi connectivity index (χ1n) is 6.61. The molecule has 1 aromatic heterocycles. The highest BCUT2D eigenvalue weighted by atomic mass is 16.4. The summed E-state index contributed by atoms with van der Waals surface area (Å²) >= 11 is 0. The van der Waals surface area contributed by atoms with Gasteiger partial charge in [-0.25, -0.2) is 4.98 Å². The second-order valence-electron chi connectivity index (χ2n) is 4.93. The number of carboxylic acids is 1. The number of aryl methyl sites for hydroxylation is 1. The summed E-state index contributed by atoms with van der Waals surface area (Å²) < 4.78 is 1.97. The van der Waals surface area contributed by atoms with Gasteiger partial charge < -0.3 is 15.0 Å². The van der Waals surface area contributed by atoms with Gasteiger partial charge in [0.2, 0.25) is 5.91 Å². The molecular weight excluding hydrogens is 246 g/mol. The van der Waals surface area contributed by atoms with Crippen LogP contribution in [0.2, 0.25) is 0 Å². The minimum atomic E-state index is -0.792. The monoisotopic (exact) mass is 265 g/mol. The predicted octanol–water partition coefficient (Wildman–Crippen LogP) is 1.02. The van der Waals surface area contributed by atoms with Crippen molar-refractivity contribution in [2.24, 2.45) is 11.8 Å². The van der Waals surface area contributed by atoms with Gasteiger partial charge in [0.05, 0.1) is 24.5 Å². The van der Waals surface area contributed by atoms with Crippen LogP contribution < -0.4 is 5.32 Å². The molecule has 1 aliphatic carbocycles. The average molecular weight is 265 g/mol. The van der Waals surface area contributed by atoms with Crippen molar-refractivity contribution < 1.29 is 14.7 Å². The van der Waals surface area contributed by atoms with Gasteiger partial charge in [-0.3, -0.25) is 9.59 Å². The van der Waals surface area contributed by atoms with E-state index in [2.05, 4.69) is 10.3 Å². The molecule has 6 nitrogen and oxygen atoms in total. The largest absolute Gasteiger partial charge is 0.481 e. The Morgan fingerprint density at radius 2 is 2.21 bits per heavy atom. The van der Waals surface area contributed by atoms with Crippen molar-refractivity contribution in [2.45, 2.75) is 39.3 Å². The minimum Gasteiger partial charge on any atom is -0.481 e. The Labute approximate surface area is 111 Å². The normalized spacial score (nSPS) is 22.4. The van der Waals surface area contributed by atoms with Gasteiger partial charge in [0.25, 0.3) is 0 Å². The van der Waals surface area contributed by atoms with E-state index in [0.717, 1.165) is 12.2 Å². The molecule has 0 saturated heterocycles. The highest BCUT2D eigenvalue weighted by Gasteiger charge is 2.33. The summed E-state index contributed by atoms with van der Waals surface area (Å²) in [7, 11) is 0. The third-order valence-corrected chi connectivity index (χ3v) is 3.74. The van der Waals surface area contributed by atoms with E-state index < -0.39 is 5.97 Å². The predicted molar refractivity (Wildman–Crippen MR) is 68.2 cm³/mol. The number of carboxylic acid groups (broad SMARTS) is 1. The van der Waals surface area contributed by atoms with Gasteiger partial charge in [-0.15, -0.1) is 0 Å². The van der Waals surface area contributed by atoms with Crippen LogP contribution in [0.1, 0.15) is 31.9 Å². The summed E-state index contributed by atoms with van der Waals surface area (Å²) in [5.74, 6) is -1.37. The number of imidazole rings is 1. The summed E-state index contributed by atoms with van der Waals surface area (Å²) in [6.45, 7) is 3.28. The molecule has 1 heterocycles. The topological polar surface area (TPSA) is 84.2 Å². The van der Waals surface area contributed by atoms with E-state index in [1.807, 2.05) is 11.5 Å². The second kappa shape index (κ2) is 5.86. The van der Waals surface area contributed by atoms with Crippen LogP contribution in [0.3, 0.4) is 0 Å². The van der Waals surface area contributed by atoms with Crippen molar-refractivity contribution in [1.29, 1.82) is 0 Å². The van der Waals surface area contributed by atoms with Gasteiger partial charge >= 0.3 is 5.97 Å². The number of carbonyl (C=O) groups excluding carboxylic acids is 1. The fourth-order valence-electron chi connectivity index (χ4n) is 2.55. The van der Waals surface area contributed by atoms with Crippen molar-refractivity contribution in [3.63, 3.8) is 0 Å². The lowest BCUT2D eigenvalue weighted by atomic mass is 10.0. The lowest BCUT2D eigenvalue weighted by Gasteiger charge is -2.11. The zero-order valence-electron chi connectivity index (χ0n) is 11.0. The van der Waals surface area contributed by atoms with E-state index in [9.17, 15) is 9.59 Å². The van der Waals surface area contributed by atoms with Gasteiger partial charge in [-0.2, -0.15) is 0 Å². The molecule has 0 radical (unpaired) electrons. The number of carbonyl (C=O) groups is 2. The van der Waals surface area contributed by atoms with Crippen molar-refractivity contribution in [3.05, 3.63) is 18.2 Å². The van der Waals surface area contributed by atoms with Crippen molar-refractivity contribution in [3.8, 4) is 0 Å². The maximum absolute atomic E-state index is 12.0. The van der Waals surface area contributed by atoms with E-state index >= 15 is 0 Å². The second-order valence-corrected chi connectivity index (χ2v) is 4.93. The summed E-state index contributed by atoms with van der Waals surface area (Å²) in [6, 6.07) is 0. The van der Waals surface area contributed by atoms with Crippen LogP contribution in [0.4, 0.5) is 0 Å². The Morgan fingerprint density at radius 3 is 2.84 bits per heavy atom. The molecule has 1 amide bonds. The van der Waals surface area contributed by atoms with Crippen LogP contribution in [-0.2, 0) is 22.7 Å². The Bertz CT molecular complexity index is 469. The average Bonchev–Trinajstić information content (AvgIpc) is 3.04. The fourth-order valence-corrected chi connectivity index (χ4v) is 2.55. The summed E-state index contributed by atoms with van der Waals surface area (Å²) in [6.07, 6.45) is 5.18. The third kappa shape index (κ3) is 3.13. The summed E-state index contributed by atoms with van der Waals surface area (Å²) in [5, 5.41) is 11.8. The molecule has 0 aliphatic heterocycles. The molecule has 0 spiro atoms. The molecule has 1 saturated carbocycles. The highest BCUT2D eigenvalue weighted by Crippen LogP contribution is 2.31. The zero-order valence-corrected chi connectivity index (χ0v) is 11.0. The fraction of sp³-hybridized carbons (Fsp3) is 0.615. The van der Waals surface area contributed by atoms with Crippen LogP contribution in [0.5, 0.6) is 0 Å². The van der Waals surface area contributed by atoms with Crippen LogP contribution in [0.25, 0.3) is 0 Å². The first-order chi connectivity index (χ1) is 9.11. The molecule has 1 fully saturated rings. The van der Waals surface area contributed by atoms with Crippen molar-refractivity contribution >= 4 is 11.9 Å². The number of aliphatic carboxylic acids is 1. The molecule has 104 valence electrons. The van der Waals surface area contributed by atoms with Crippen LogP contribution in [0.15, 0.2) is 12.5 Å². The Balaban J connectivity index is 1.84. The molecule has 0 aromatic carbocycles. The van der Waals surface area contributed by atoms with Crippen molar-refractivity contribution in [1.82, 2.24) is 14.9 Å². The van der Waals surface area contributed by atoms with Gasteiger partial charge in [-0.05, 0) is 26.2 Å². The molecule has 2 atom stereocenters. The first-order valence-corrected chi connectivity index (χ1v) is 6.61. The standard InChI is InChI=1S/C13H19N3O3/c1-2-16-8-14-6-11(16)7-15-12(17)9-3-4-10(5-9)13(18)19/h6,8-10H,2-5,7H2,1H3,(H,15,17)(H,18,19)/t9-,10+/m0/s1. The van der Waals surface area contributed by atoms with E-state index in [4.69, 9.17) is 5.11 Å². The highest BCUT2D eigenvalue weighted by molar-refractivity contribution is 5.80. The van der Waals surface area contributed by atoms with E-state index in [-0.39, 0.29) is 17.7 Å². The number of rotatable bonds is 5. The lowest BCUT2D eigenvalue weighted by molar-refractivity contribution is -0.141. The SMILES string of the molecule is CCn1cncc1CNC(=O)[C@H]1CC[C@@H](C(=O)O)C1. The molecule has 2 rings (SSSR count). The zero-order chi connectivity index (χ0) is 13.8. The number of hydrogen-bond donors (Lipinski definition) is 2. The number of aromatic nitrogens is 2. The smallest absolute Gasteiger partial charge is 0.306 e. The van der Waals surface area contributed by atoms with Crippen LogP contribution >= 0.6 is 0 Å². The molecule has 0 bridgehead atoms. The van der Waals surface area contributed by atoms with Crippen molar-refractivity contribution in [2.75, 3.05) is 0 Å². The Hall–Kier alpha value is -1.85. The van der Waals surface area contributed by atoms with Crippen LogP contribution in [0, 0.1) is 11.8 Å². The molecule has 1 aromatic rings. The number of nitrogens with one attached hydrogen (secondary N) is 1. The molecule has 0 unspecified atom stereocenters. The van der Waals surface area contributed by atoms with E-state index in [0.29, 0.717) is 25.8 Å². The van der Waals surface area contributed by atoms with Crippen LogP contribution in [-0.4, -0.2) is 26.5 Å². The minimum absolute atomic E-state index is 0.0485. The van der Waals surface area contributed by atoms with E-state index in [1.54, 1.807) is 12.5 Å². The molecule has 19 heavy (non-hydrogen) atoms. The molecule has 1 aliphatic rings. The maximum atomic E-state index is 12.0. The Kier molecular flexibility index (Phi) is 4.19. The van der Waals surface area contributed by atoms with Gasteiger partial charge in [-0.1, -0.05) is 0 Å². The maximum Gasteiger partial charge on any atom is 0.306 e. The number of nitrogens with zero attached hydrogens (tertiary/aromatic N) is 2. The van der Waals surface area contributed by atoms with Gasteiger partial charge in [0.1, 0.15) is 0 Å². The summed E-state index contributed by atoms with van der Waals surface area (Å²) in [4.78, 5) is 26.9. The van der Waals surface area contributed by atoms with Gasteiger partial charge in [0, 0.05) is 18.7 Å². The quantitative estimate of drug-likeness (QED) is 0.832. The van der Waals surface area contributed by atoms with Gasteiger partial charge in [0.15, 0.2) is 0 Å². The molecule has 2 N–H and O–H groups in total. The van der Waals surface area contributed by atoms with E-state index in [1.165, 1.54) is 0 Å². The lowest BCUT2D eigenvalue weighted by Crippen LogP contribution is -2.30. The third-order valence-electron chi connectivity index (χ3n) is 3.74. The molecule has 6 heteroatoms.